The molecule has 1 saturated heterocycles. The zero-order chi connectivity index (χ0) is 21.0. The number of amides is 1. The molecule has 0 N–H and O–H groups in total. The Labute approximate surface area is 170 Å². The molecule has 8 heteroatoms. The van der Waals surface area contributed by atoms with Crippen molar-refractivity contribution >= 4 is 11.9 Å². The molecule has 1 aromatic carbocycles. The van der Waals surface area contributed by atoms with Gasteiger partial charge in [-0.05, 0) is 71.2 Å². The molecule has 0 aliphatic carbocycles. The van der Waals surface area contributed by atoms with Crippen molar-refractivity contribution in [1.29, 1.82) is 0 Å². The van der Waals surface area contributed by atoms with Crippen LogP contribution in [-0.2, 0) is 9.53 Å². The van der Waals surface area contributed by atoms with Crippen molar-refractivity contribution in [3.8, 4) is 5.75 Å². The van der Waals surface area contributed by atoms with Gasteiger partial charge in [0.1, 0.15) is 5.75 Å². The highest BCUT2D eigenvalue weighted by molar-refractivity contribution is 5.89. The summed E-state index contributed by atoms with van der Waals surface area (Å²) in [5.74, 6) is 0.722. The summed E-state index contributed by atoms with van der Waals surface area (Å²) < 4.78 is 16.0. The summed E-state index contributed by atoms with van der Waals surface area (Å²) in [5.41, 5.74) is 0.366. The summed E-state index contributed by atoms with van der Waals surface area (Å²) >= 11 is 0. The molecule has 8 nitrogen and oxygen atoms in total. The Hall–Kier alpha value is -2.90. The zero-order valence-corrected chi connectivity index (χ0v) is 17.3. The van der Waals surface area contributed by atoms with Gasteiger partial charge in [-0.15, -0.1) is 0 Å². The molecule has 0 bridgehead atoms. The molecule has 3 rings (SSSR count). The van der Waals surface area contributed by atoms with Crippen LogP contribution in [0.5, 0.6) is 5.75 Å². The highest BCUT2D eigenvalue weighted by Gasteiger charge is 2.29. The average Bonchev–Trinajstić information content (AvgIpc) is 3.13. The summed E-state index contributed by atoms with van der Waals surface area (Å²) in [7, 11) is 0. The van der Waals surface area contributed by atoms with Crippen molar-refractivity contribution in [2.24, 2.45) is 0 Å². The molecule has 1 aliphatic heterocycles. The molecule has 1 aliphatic rings. The minimum absolute atomic E-state index is 0.0168. The number of likely N-dealkylation sites (tertiary alicyclic amines) is 1. The van der Waals surface area contributed by atoms with E-state index in [2.05, 4.69) is 24.0 Å². The molecule has 1 fully saturated rings. The lowest BCUT2D eigenvalue weighted by Gasteiger charge is -2.38. The van der Waals surface area contributed by atoms with Crippen molar-refractivity contribution in [2.75, 3.05) is 6.61 Å². The van der Waals surface area contributed by atoms with Crippen LogP contribution < -0.4 is 4.74 Å². The Bertz CT molecular complexity index is 838. The second-order valence-corrected chi connectivity index (χ2v) is 7.47. The highest BCUT2D eigenvalue weighted by atomic mass is 16.6. The molecular weight excluding hydrogens is 374 g/mol. The maximum absolute atomic E-state index is 12.5. The van der Waals surface area contributed by atoms with Gasteiger partial charge in [0, 0.05) is 12.1 Å². The van der Waals surface area contributed by atoms with Crippen LogP contribution in [0.25, 0.3) is 0 Å². The number of rotatable bonds is 6. The lowest BCUT2D eigenvalue weighted by molar-refractivity contribution is -0.139. The number of aryl methyl sites for hydroxylation is 1. The smallest absolute Gasteiger partial charge is 0.338 e. The first-order valence-electron chi connectivity index (χ1n) is 9.90. The van der Waals surface area contributed by atoms with Gasteiger partial charge in [0.25, 0.3) is 11.8 Å². The number of benzene rings is 1. The maximum atomic E-state index is 12.5. The number of aromatic nitrogens is 2. The Kier molecular flexibility index (Phi) is 6.51. The standard InChI is InChI=1S/C21H27N3O5/c1-13-6-5-7-14(2)24(13)19(25)12-27-18-10-8-17(9-11-18)21(26)28-15(3)20-22-16(4)23-29-20/h8-11,13-15H,5-7,12H2,1-4H3. The lowest BCUT2D eigenvalue weighted by atomic mass is 9.97. The highest BCUT2D eigenvalue weighted by Crippen LogP contribution is 2.23. The van der Waals surface area contributed by atoms with Gasteiger partial charge in [-0.3, -0.25) is 4.79 Å². The molecule has 2 aromatic rings. The van der Waals surface area contributed by atoms with E-state index in [1.807, 2.05) is 4.90 Å². The van der Waals surface area contributed by atoms with Gasteiger partial charge in [-0.1, -0.05) is 5.16 Å². The minimum Gasteiger partial charge on any atom is -0.484 e. The topological polar surface area (TPSA) is 94.8 Å². The quantitative estimate of drug-likeness (QED) is 0.684. The fourth-order valence-corrected chi connectivity index (χ4v) is 3.58. The van der Waals surface area contributed by atoms with Crippen molar-refractivity contribution in [1.82, 2.24) is 15.0 Å². The summed E-state index contributed by atoms with van der Waals surface area (Å²) in [6.07, 6.45) is 2.55. The predicted octanol–water partition coefficient (Wildman–Crippen LogP) is 3.46. The van der Waals surface area contributed by atoms with Crippen LogP contribution in [0.2, 0.25) is 0 Å². The minimum atomic E-state index is -0.647. The van der Waals surface area contributed by atoms with Crippen molar-refractivity contribution < 1.29 is 23.6 Å². The number of nitrogens with zero attached hydrogens (tertiary/aromatic N) is 3. The molecule has 156 valence electrons. The summed E-state index contributed by atoms with van der Waals surface area (Å²) in [5, 5.41) is 3.68. The Morgan fingerprint density at radius 2 is 1.86 bits per heavy atom. The third-order valence-corrected chi connectivity index (χ3v) is 5.11. The van der Waals surface area contributed by atoms with Crippen molar-refractivity contribution in [2.45, 2.75) is 65.1 Å². The first-order valence-corrected chi connectivity index (χ1v) is 9.90. The van der Waals surface area contributed by atoms with E-state index in [9.17, 15) is 9.59 Å². The van der Waals surface area contributed by atoms with Crippen LogP contribution in [-0.4, -0.2) is 45.6 Å². The normalized spacial score (nSPS) is 20.2. The van der Waals surface area contributed by atoms with Gasteiger partial charge in [-0.2, -0.15) is 4.98 Å². The lowest BCUT2D eigenvalue weighted by Crippen LogP contribution is -2.49. The van der Waals surface area contributed by atoms with Crippen molar-refractivity contribution in [3.63, 3.8) is 0 Å². The third kappa shape index (κ3) is 5.13. The van der Waals surface area contributed by atoms with E-state index in [1.165, 1.54) is 0 Å². The zero-order valence-electron chi connectivity index (χ0n) is 17.3. The van der Waals surface area contributed by atoms with Gasteiger partial charge >= 0.3 is 5.97 Å². The van der Waals surface area contributed by atoms with Gasteiger partial charge in [0.05, 0.1) is 5.56 Å². The van der Waals surface area contributed by atoms with Gasteiger partial charge in [0.15, 0.2) is 18.5 Å². The summed E-state index contributed by atoms with van der Waals surface area (Å²) in [6, 6.07) is 6.96. The molecule has 29 heavy (non-hydrogen) atoms. The number of piperidine rings is 1. The molecule has 3 atom stereocenters. The van der Waals surface area contributed by atoms with Gasteiger partial charge in [0.2, 0.25) is 0 Å². The Morgan fingerprint density at radius 3 is 2.45 bits per heavy atom. The van der Waals surface area contributed by atoms with Crippen molar-refractivity contribution in [3.05, 3.63) is 41.5 Å². The third-order valence-electron chi connectivity index (χ3n) is 5.11. The first kappa shape index (κ1) is 20.8. The Balaban J connectivity index is 1.53. The largest absolute Gasteiger partial charge is 0.484 e. The van der Waals surface area contributed by atoms with E-state index in [-0.39, 0.29) is 30.5 Å². The predicted molar refractivity (Wildman–Crippen MR) is 104 cm³/mol. The molecule has 1 aromatic heterocycles. The molecule has 0 spiro atoms. The second kappa shape index (κ2) is 9.07. The molecule has 1 amide bonds. The number of carbonyl (C=O) groups excluding carboxylic acids is 2. The number of carbonyl (C=O) groups is 2. The second-order valence-electron chi connectivity index (χ2n) is 7.47. The van der Waals surface area contributed by atoms with Crippen LogP contribution in [0.4, 0.5) is 0 Å². The van der Waals surface area contributed by atoms with E-state index in [1.54, 1.807) is 38.1 Å². The van der Waals surface area contributed by atoms with Crippen LogP contribution in [0, 0.1) is 6.92 Å². The van der Waals surface area contributed by atoms with Crippen LogP contribution >= 0.6 is 0 Å². The van der Waals surface area contributed by atoms with E-state index >= 15 is 0 Å². The number of hydrogen-bond donors (Lipinski definition) is 0. The summed E-state index contributed by atoms with van der Waals surface area (Å²) in [4.78, 5) is 30.8. The van der Waals surface area contributed by atoms with E-state index in [0.29, 0.717) is 17.1 Å². The first-order chi connectivity index (χ1) is 13.8. The van der Waals surface area contributed by atoms with Gasteiger partial charge < -0.3 is 18.9 Å². The fourth-order valence-electron chi connectivity index (χ4n) is 3.58. The average molecular weight is 401 g/mol. The summed E-state index contributed by atoms with van der Waals surface area (Å²) in [6.45, 7) is 7.48. The number of esters is 1. The number of hydrogen-bond acceptors (Lipinski definition) is 7. The van der Waals surface area contributed by atoms with Crippen LogP contribution in [0.1, 0.15) is 68.2 Å². The fraction of sp³-hybridized carbons (Fsp3) is 0.524. The van der Waals surface area contributed by atoms with Gasteiger partial charge in [-0.25, -0.2) is 4.79 Å². The van der Waals surface area contributed by atoms with E-state index < -0.39 is 12.1 Å². The van der Waals surface area contributed by atoms with E-state index in [4.69, 9.17) is 14.0 Å². The van der Waals surface area contributed by atoms with Crippen LogP contribution in [0.3, 0.4) is 0 Å². The SMILES string of the molecule is Cc1noc(C(C)OC(=O)c2ccc(OCC(=O)N3C(C)CCCC3C)cc2)n1. The Morgan fingerprint density at radius 1 is 1.21 bits per heavy atom. The molecular formula is C21H27N3O5. The molecule has 3 unspecified atom stereocenters. The molecule has 0 saturated carbocycles. The molecule has 0 radical (unpaired) electrons. The van der Waals surface area contributed by atoms with Crippen LogP contribution in [0.15, 0.2) is 28.8 Å². The number of ether oxygens (including phenoxy) is 2. The maximum Gasteiger partial charge on any atom is 0.338 e. The monoisotopic (exact) mass is 401 g/mol. The molecule has 2 heterocycles. The van der Waals surface area contributed by atoms with E-state index in [0.717, 1.165) is 19.3 Å².